The predicted octanol–water partition coefficient (Wildman–Crippen LogP) is 1.52. The molecular formula is C15H18N4O. The monoisotopic (exact) mass is 270 g/mol. The van der Waals surface area contributed by atoms with Crippen molar-refractivity contribution in [2.45, 2.75) is 12.8 Å². The summed E-state index contributed by atoms with van der Waals surface area (Å²) in [5, 5.41) is 2.08. The van der Waals surface area contributed by atoms with Gasteiger partial charge in [-0.2, -0.15) is 0 Å². The number of hydrogen-bond acceptors (Lipinski definition) is 4. The molecule has 20 heavy (non-hydrogen) atoms. The molecule has 3 rings (SSSR count). The summed E-state index contributed by atoms with van der Waals surface area (Å²) in [5.41, 5.74) is 13.3. The lowest BCUT2D eigenvalue weighted by molar-refractivity contribution is -0.122. The van der Waals surface area contributed by atoms with E-state index in [0.29, 0.717) is 0 Å². The van der Waals surface area contributed by atoms with E-state index in [0.717, 1.165) is 48.1 Å². The summed E-state index contributed by atoms with van der Waals surface area (Å²) in [5.74, 6) is -0.182. The Bertz CT molecular complexity index is 647. The quantitative estimate of drug-likeness (QED) is 0.810. The number of benzene rings is 1. The van der Waals surface area contributed by atoms with Gasteiger partial charge >= 0.3 is 0 Å². The number of primary amides is 1. The standard InChI is InChI=1S/C15H18N4O/c16-13-1-2-14(12-9-18-6-3-11(12)13)19-7-4-10(5-8-19)15(17)20/h1-3,6,9-10H,4-5,7-8,16H2,(H2,17,20). The summed E-state index contributed by atoms with van der Waals surface area (Å²) < 4.78 is 0. The first-order chi connectivity index (χ1) is 9.66. The van der Waals surface area contributed by atoms with Crippen LogP contribution in [-0.4, -0.2) is 24.0 Å². The van der Waals surface area contributed by atoms with Crippen molar-refractivity contribution in [2.75, 3.05) is 23.7 Å². The highest BCUT2D eigenvalue weighted by atomic mass is 16.1. The van der Waals surface area contributed by atoms with E-state index < -0.39 is 0 Å². The van der Waals surface area contributed by atoms with Gasteiger partial charge in [0, 0.05) is 53.5 Å². The lowest BCUT2D eigenvalue weighted by atomic mass is 9.95. The largest absolute Gasteiger partial charge is 0.398 e. The molecule has 0 saturated carbocycles. The Morgan fingerprint density at radius 1 is 1.20 bits per heavy atom. The van der Waals surface area contributed by atoms with Crippen LogP contribution in [0.25, 0.3) is 10.8 Å². The number of hydrogen-bond donors (Lipinski definition) is 2. The molecule has 0 unspecified atom stereocenters. The van der Waals surface area contributed by atoms with Gasteiger partial charge in [-0.15, -0.1) is 0 Å². The predicted molar refractivity (Wildman–Crippen MR) is 80.3 cm³/mol. The summed E-state index contributed by atoms with van der Waals surface area (Å²) in [7, 11) is 0. The van der Waals surface area contributed by atoms with Crippen LogP contribution in [-0.2, 0) is 4.79 Å². The zero-order valence-corrected chi connectivity index (χ0v) is 11.2. The molecule has 1 fully saturated rings. The number of pyridine rings is 1. The van der Waals surface area contributed by atoms with Gasteiger partial charge in [0.05, 0.1) is 0 Å². The third-order valence-electron chi connectivity index (χ3n) is 4.07. The van der Waals surface area contributed by atoms with Crippen molar-refractivity contribution in [1.29, 1.82) is 0 Å². The van der Waals surface area contributed by atoms with Gasteiger partial charge in [0.2, 0.25) is 5.91 Å². The zero-order valence-electron chi connectivity index (χ0n) is 11.2. The van der Waals surface area contributed by atoms with Crippen LogP contribution in [0.4, 0.5) is 11.4 Å². The van der Waals surface area contributed by atoms with Crippen molar-refractivity contribution in [3.8, 4) is 0 Å². The summed E-state index contributed by atoms with van der Waals surface area (Å²) in [6, 6.07) is 5.89. The van der Waals surface area contributed by atoms with Gasteiger partial charge in [-0.05, 0) is 31.0 Å². The minimum Gasteiger partial charge on any atom is -0.398 e. The van der Waals surface area contributed by atoms with Crippen molar-refractivity contribution < 1.29 is 4.79 Å². The number of nitrogens with zero attached hydrogens (tertiary/aromatic N) is 2. The molecule has 5 nitrogen and oxygen atoms in total. The van der Waals surface area contributed by atoms with Crippen molar-refractivity contribution >= 4 is 28.1 Å². The smallest absolute Gasteiger partial charge is 0.220 e. The molecule has 1 aliphatic rings. The third-order valence-corrected chi connectivity index (χ3v) is 4.07. The molecule has 0 radical (unpaired) electrons. The second kappa shape index (κ2) is 5.00. The van der Waals surface area contributed by atoms with E-state index >= 15 is 0 Å². The summed E-state index contributed by atoms with van der Waals surface area (Å²) in [6.45, 7) is 1.67. The molecule has 5 heteroatoms. The van der Waals surface area contributed by atoms with Crippen LogP contribution in [0.5, 0.6) is 0 Å². The highest BCUT2D eigenvalue weighted by Gasteiger charge is 2.24. The Morgan fingerprint density at radius 3 is 2.65 bits per heavy atom. The van der Waals surface area contributed by atoms with E-state index in [1.165, 1.54) is 0 Å². The highest BCUT2D eigenvalue weighted by Crippen LogP contribution is 2.32. The maximum atomic E-state index is 11.2. The fourth-order valence-electron chi connectivity index (χ4n) is 2.88. The topological polar surface area (TPSA) is 85.2 Å². The summed E-state index contributed by atoms with van der Waals surface area (Å²) in [6.07, 6.45) is 5.21. The number of rotatable bonds is 2. The molecule has 1 aliphatic heterocycles. The molecular weight excluding hydrogens is 252 g/mol. The first-order valence-corrected chi connectivity index (χ1v) is 6.83. The molecule has 1 saturated heterocycles. The molecule has 1 aromatic carbocycles. The molecule has 1 aromatic heterocycles. The second-order valence-corrected chi connectivity index (χ2v) is 5.26. The van der Waals surface area contributed by atoms with Crippen molar-refractivity contribution in [3.05, 3.63) is 30.6 Å². The number of carbonyl (C=O) groups is 1. The first kappa shape index (κ1) is 12.7. The minimum atomic E-state index is -0.187. The average molecular weight is 270 g/mol. The maximum absolute atomic E-state index is 11.2. The normalized spacial score (nSPS) is 16.5. The Labute approximate surface area is 117 Å². The number of aromatic nitrogens is 1. The van der Waals surface area contributed by atoms with E-state index in [9.17, 15) is 4.79 Å². The molecule has 1 amide bonds. The maximum Gasteiger partial charge on any atom is 0.220 e. The highest BCUT2D eigenvalue weighted by molar-refractivity contribution is 6.00. The number of fused-ring (bicyclic) bond motifs is 1. The fraction of sp³-hybridized carbons (Fsp3) is 0.333. The first-order valence-electron chi connectivity index (χ1n) is 6.83. The Hall–Kier alpha value is -2.30. The molecule has 4 N–H and O–H groups in total. The summed E-state index contributed by atoms with van der Waals surface area (Å²) >= 11 is 0. The SMILES string of the molecule is NC(=O)C1CCN(c2ccc(N)c3ccncc23)CC1. The fourth-order valence-corrected chi connectivity index (χ4v) is 2.88. The average Bonchev–Trinajstić information content (AvgIpc) is 2.48. The van der Waals surface area contributed by atoms with Crippen LogP contribution >= 0.6 is 0 Å². The number of piperidine rings is 1. The van der Waals surface area contributed by atoms with Gasteiger partial charge in [-0.25, -0.2) is 0 Å². The number of nitrogen functional groups attached to an aromatic ring is 1. The van der Waals surface area contributed by atoms with E-state index in [-0.39, 0.29) is 11.8 Å². The molecule has 0 atom stereocenters. The van der Waals surface area contributed by atoms with Gasteiger partial charge in [0.25, 0.3) is 0 Å². The van der Waals surface area contributed by atoms with Crippen molar-refractivity contribution in [1.82, 2.24) is 4.98 Å². The van der Waals surface area contributed by atoms with Crippen molar-refractivity contribution in [3.63, 3.8) is 0 Å². The van der Waals surface area contributed by atoms with Crippen LogP contribution < -0.4 is 16.4 Å². The summed E-state index contributed by atoms with van der Waals surface area (Å²) in [4.78, 5) is 17.7. The van der Waals surface area contributed by atoms with Crippen LogP contribution in [0.1, 0.15) is 12.8 Å². The van der Waals surface area contributed by atoms with E-state index in [4.69, 9.17) is 11.5 Å². The van der Waals surface area contributed by atoms with Crippen LogP contribution in [0, 0.1) is 5.92 Å². The Balaban J connectivity index is 1.92. The van der Waals surface area contributed by atoms with Gasteiger partial charge in [0.1, 0.15) is 0 Å². The van der Waals surface area contributed by atoms with E-state index in [1.54, 1.807) is 6.20 Å². The number of amides is 1. The lowest BCUT2D eigenvalue weighted by Gasteiger charge is -2.33. The number of carbonyl (C=O) groups excluding carboxylic acids is 1. The van der Waals surface area contributed by atoms with E-state index in [2.05, 4.69) is 9.88 Å². The molecule has 0 spiro atoms. The lowest BCUT2D eigenvalue weighted by Crippen LogP contribution is -2.38. The van der Waals surface area contributed by atoms with Gasteiger partial charge in [0.15, 0.2) is 0 Å². The van der Waals surface area contributed by atoms with Crippen molar-refractivity contribution in [2.24, 2.45) is 11.7 Å². The molecule has 2 aromatic rings. The van der Waals surface area contributed by atoms with Gasteiger partial charge in [-0.3, -0.25) is 9.78 Å². The Kier molecular flexibility index (Phi) is 3.18. The third kappa shape index (κ3) is 2.15. The van der Waals surface area contributed by atoms with Gasteiger partial charge < -0.3 is 16.4 Å². The van der Waals surface area contributed by atoms with Gasteiger partial charge in [-0.1, -0.05) is 0 Å². The minimum absolute atomic E-state index is 0.00409. The number of nitrogens with two attached hydrogens (primary N) is 2. The number of anilines is 2. The van der Waals surface area contributed by atoms with E-state index in [1.807, 2.05) is 24.4 Å². The zero-order chi connectivity index (χ0) is 14.1. The Morgan fingerprint density at radius 2 is 1.95 bits per heavy atom. The van der Waals surface area contributed by atoms with Crippen LogP contribution in [0.2, 0.25) is 0 Å². The second-order valence-electron chi connectivity index (χ2n) is 5.26. The van der Waals surface area contributed by atoms with Crippen LogP contribution in [0.15, 0.2) is 30.6 Å². The molecule has 2 heterocycles. The molecule has 104 valence electrons. The van der Waals surface area contributed by atoms with Crippen LogP contribution in [0.3, 0.4) is 0 Å². The molecule has 0 bridgehead atoms. The molecule has 0 aliphatic carbocycles.